The number of hydrogen-bond acceptors (Lipinski definition) is 10. The lowest BCUT2D eigenvalue weighted by atomic mass is 9.49. The predicted molar refractivity (Wildman–Crippen MR) is 228 cm³/mol. The fourth-order valence-electron chi connectivity index (χ4n) is 9.22. The zero-order valence-corrected chi connectivity index (χ0v) is 35.6. The number of anilines is 1. The topological polar surface area (TPSA) is 164 Å². The Morgan fingerprint density at radius 2 is 1.68 bits per heavy atom. The number of aromatic nitrogens is 3. The zero-order chi connectivity index (χ0) is 42.8. The average molecular weight is 837 g/mol. The molecule has 1 unspecified atom stereocenters. The number of rotatable bonds is 14. The van der Waals surface area contributed by atoms with Gasteiger partial charge in [0.15, 0.2) is 5.82 Å². The second-order valence-corrected chi connectivity index (χ2v) is 17.6. The fraction of sp³-hybridized carbons (Fsp3) is 0.467. The van der Waals surface area contributed by atoms with Gasteiger partial charge in [0, 0.05) is 79.4 Å². The molecule has 3 aromatic carbocycles. The second kappa shape index (κ2) is 17.5. The van der Waals surface area contributed by atoms with Crippen molar-refractivity contribution in [2.24, 2.45) is 17.9 Å². The van der Waals surface area contributed by atoms with E-state index in [2.05, 4.69) is 59.3 Å². The number of carbonyl (C=O) groups excluding carboxylic acids is 3. The van der Waals surface area contributed by atoms with Crippen LogP contribution in [0.2, 0.25) is 5.02 Å². The Balaban J connectivity index is 0.815. The molecule has 3 amide bonds. The van der Waals surface area contributed by atoms with E-state index in [1.54, 1.807) is 25.2 Å². The van der Waals surface area contributed by atoms with E-state index in [9.17, 15) is 24.4 Å². The van der Waals surface area contributed by atoms with Gasteiger partial charge in [0.2, 0.25) is 5.91 Å². The standard InChI is InChI=1S/C45H53ClN8O6/c1-44(2)41(45(3,4)42(44)60-34-17-14-31(28-47)35(46)27-34)49-39(56)29-12-15-32(16-13-29)53-23-21-52(22-24-53)20-7-6-8-25-59-33-11-9-10-30(26-33)38-50-54(43(58)51(38)5)36-18-19-37(55)48-40(36)57/h9-17,26-27,36,41-42H,6-8,18-25H2,1-5H3,(H,49,56)(H,48,55,57). The molecule has 1 aliphatic carbocycles. The van der Waals surface area contributed by atoms with Crippen LogP contribution in [0.3, 0.4) is 0 Å². The first-order chi connectivity index (χ1) is 28.7. The highest BCUT2D eigenvalue weighted by Gasteiger charge is 2.64. The number of halogens is 1. The van der Waals surface area contributed by atoms with Gasteiger partial charge in [0.25, 0.3) is 11.8 Å². The molecule has 1 atom stereocenters. The number of piperazine rings is 1. The highest BCUT2D eigenvalue weighted by atomic mass is 35.5. The van der Waals surface area contributed by atoms with E-state index in [0.717, 1.165) is 62.4 Å². The summed E-state index contributed by atoms with van der Waals surface area (Å²) in [7, 11) is 1.61. The summed E-state index contributed by atoms with van der Waals surface area (Å²) in [4.78, 5) is 55.2. The average Bonchev–Trinajstić information content (AvgIpc) is 3.53. The largest absolute Gasteiger partial charge is 0.494 e. The number of nitrogens with one attached hydrogen (secondary N) is 2. The van der Waals surface area contributed by atoms with E-state index in [1.165, 1.54) is 4.57 Å². The molecule has 60 heavy (non-hydrogen) atoms. The van der Waals surface area contributed by atoms with E-state index in [0.29, 0.717) is 45.6 Å². The summed E-state index contributed by atoms with van der Waals surface area (Å²) in [5.74, 6) is 0.729. The minimum atomic E-state index is -0.821. The molecule has 3 heterocycles. The fourth-order valence-corrected chi connectivity index (χ4v) is 9.43. The maximum Gasteiger partial charge on any atom is 0.346 e. The molecule has 14 nitrogen and oxygen atoms in total. The van der Waals surface area contributed by atoms with E-state index in [1.807, 2.05) is 48.5 Å². The van der Waals surface area contributed by atoms with Crippen molar-refractivity contribution in [1.29, 1.82) is 5.26 Å². The maximum absolute atomic E-state index is 13.5. The third kappa shape index (κ3) is 8.79. The van der Waals surface area contributed by atoms with Crippen LogP contribution in [-0.4, -0.2) is 88.4 Å². The van der Waals surface area contributed by atoms with Crippen LogP contribution >= 0.6 is 11.6 Å². The monoisotopic (exact) mass is 836 g/mol. The first-order valence-electron chi connectivity index (χ1n) is 20.6. The van der Waals surface area contributed by atoms with Crippen LogP contribution in [0.5, 0.6) is 11.5 Å². The third-order valence-corrected chi connectivity index (χ3v) is 12.6. The Kier molecular flexibility index (Phi) is 12.4. The van der Waals surface area contributed by atoms with Crippen LogP contribution in [0.25, 0.3) is 11.4 Å². The van der Waals surface area contributed by atoms with Gasteiger partial charge in [-0.3, -0.25) is 29.2 Å². The molecule has 316 valence electrons. The normalized spacial score (nSPS) is 21.1. The van der Waals surface area contributed by atoms with Crippen molar-refractivity contribution in [3.63, 3.8) is 0 Å². The molecule has 15 heteroatoms. The third-order valence-electron chi connectivity index (χ3n) is 12.3. The highest BCUT2D eigenvalue weighted by Crippen LogP contribution is 2.55. The number of hydrogen-bond donors (Lipinski definition) is 2. The van der Waals surface area contributed by atoms with Crippen molar-refractivity contribution in [3.05, 3.63) is 93.4 Å². The summed E-state index contributed by atoms with van der Waals surface area (Å²) in [6.07, 6.45) is 3.22. The molecule has 3 aliphatic rings. The van der Waals surface area contributed by atoms with Gasteiger partial charge in [0.05, 0.1) is 17.2 Å². The van der Waals surface area contributed by atoms with E-state index >= 15 is 0 Å². The molecular weight excluding hydrogens is 784 g/mol. The molecule has 2 aliphatic heterocycles. The second-order valence-electron chi connectivity index (χ2n) is 17.2. The smallest absolute Gasteiger partial charge is 0.346 e. The summed E-state index contributed by atoms with van der Waals surface area (Å²) < 4.78 is 15.0. The van der Waals surface area contributed by atoms with Gasteiger partial charge < -0.3 is 19.7 Å². The number of ether oxygens (including phenoxy) is 2. The summed E-state index contributed by atoms with van der Waals surface area (Å²) in [5, 5.41) is 19.6. The number of imide groups is 1. The number of nitrogens with zero attached hydrogens (tertiary/aromatic N) is 6. The molecule has 0 spiro atoms. The molecular formula is C45H53ClN8O6. The number of piperidine rings is 1. The Morgan fingerprint density at radius 1 is 0.950 bits per heavy atom. The molecule has 0 radical (unpaired) electrons. The van der Waals surface area contributed by atoms with E-state index < -0.39 is 17.6 Å². The lowest BCUT2D eigenvalue weighted by Gasteiger charge is -2.63. The van der Waals surface area contributed by atoms with Crippen LogP contribution in [-0.2, 0) is 16.6 Å². The number of nitriles is 1. The van der Waals surface area contributed by atoms with Gasteiger partial charge in [-0.2, -0.15) is 5.26 Å². The van der Waals surface area contributed by atoms with Gasteiger partial charge in [0.1, 0.15) is 29.7 Å². The van der Waals surface area contributed by atoms with Crippen molar-refractivity contribution in [2.45, 2.75) is 78.0 Å². The Bertz CT molecular complexity index is 2320. The van der Waals surface area contributed by atoms with Crippen molar-refractivity contribution in [3.8, 4) is 29.0 Å². The zero-order valence-electron chi connectivity index (χ0n) is 34.9. The summed E-state index contributed by atoms with van der Waals surface area (Å²) in [6.45, 7) is 13.7. The van der Waals surface area contributed by atoms with Crippen LogP contribution < -0.4 is 30.7 Å². The molecule has 7 rings (SSSR count). The highest BCUT2D eigenvalue weighted by molar-refractivity contribution is 6.31. The molecule has 1 saturated carbocycles. The van der Waals surface area contributed by atoms with Crippen LogP contribution in [0.1, 0.15) is 81.8 Å². The van der Waals surface area contributed by atoms with Crippen LogP contribution in [0, 0.1) is 22.2 Å². The first kappa shape index (κ1) is 42.5. The first-order valence-corrected chi connectivity index (χ1v) is 21.0. The molecule has 4 aromatic rings. The maximum atomic E-state index is 13.5. The summed E-state index contributed by atoms with van der Waals surface area (Å²) >= 11 is 6.25. The van der Waals surface area contributed by atoms with Crippen molar-refractivity contribution < 1.29 is 23.9 Å². The summed E-state index contributed by atoms with van der Waals surface area (Å²) in [5.41, 5.74) is 1.72. The van der Waals surface area contributed by atoms with Crippen LogP contribution in [0.15, 0.2) is 71.5 Å². The van der Waals surface area contributed by atoms with E-state index in [-0.39, 0.29) is 47.6 Å². The lowest BCUT2D eigenvalue weighted by molar-refractivity contribution is -0.164. The Hall–Kier alpha value is -5.65. The van der Waals surface area contributed by atoms with Gasteiger partial charge in [-0.05, 0) is 80.8 Å². The number of benzene rings is 3. The van der Waals surface area contributed by atoms with Crippen LogP contribution in [0.4, 0.5) is 5.69 Å². The van der Waals surface area contributed by atoms with Crippen molar-refractivity contribution >= 4 is 35.0 Å². The minimum absolute atomic E-state index is 0.110. The molecule has 2 saturated heterocycles. The minimum Gasteiger partial charge on any atom is -0.494 e. The van der Waals surface area contributed by atoms with Gasteiger partial charge in [-0.1, -0.05) is 51.4 Å². The molecule has 3 fully saturated rings. The van der Waals surface area contributed by atoms with Gasteiger partial charge >= 0.3 is 5.69 Å². The molecule has 0 bridgehead atoms. The Labute approximate surface area is 355 Å². The SMILES string of the molecule is Cn1c(-c2cccc(OCCCCCN3CCN(c4ccc(C(=O)NC5C(C)(C)C(Oc6ccc(C#N)c(Cl)c6)C5(C)C)cc4)CC3)c2)nn(C2CCC(=O)NC2=O)c1=O. The van der Waals surface area contributed by atoms with Crippen molar-refractivity contribution in [1.82, 2.24) is 29.9 Å². The Morgan fingerprint density at radius 3 is 2.37 bits per heavy atom. The van der Waals surface area contributed by atoms with Gasteiger partial charge in [-0.15, -0.1) is 5.10 Å². The quantitative estimate of drug-likeness (QED) is 0.118. The molecule has 1 aromatic heterocycles. The predicted octanol–water partition coefficient (Wildman–Crippen LogP) is 5.73. The van der Waals surface area contributed by atoms with Gasteiger partial charge in [-0.25, -0.2) is 9.48 Å². The van der Waals surface area contributed by atoms with Crippen molar-refractivity contribution in [2.75, 3.05) is 44.2 Å². The van der Waals surface area contributed by atoms with E-state index in [4.69, 9.17) is 21.1 Å². The lowest BCUT2D eigenvalue weighted by Crippen LogP contribution is -2.74. The molecule has 2 N–H and O–H groups in total. The number of unbranched alkanes of at least 4 members (excludes halogenated alkanes) is 2. The number of carbonyl (C=O) groups is 3. The number of amides is 3. The summed E-state index contributed by atoms with van der Waals surface area (Å²) in [6, 6.07) is 21.5.